The number of nitrogens with one attached hydrogen (secondary N) is 1. The number of imidazole rings is 1. The fraction of sp³-hybridized carbons (Fsp3) is 0.154. The Hall–Kier alpha value is -4.84. The minimum absolute atomic E-state index is 0.160. The Morgan fingerprint density at radius 2 is 1.89 bits per heavy atom. The Kier molecular flexibility index (Phi) is 6.01. The predicted octanol–water partition coefficient (Wildman–Crippen LogP) is 3.75. The molecule has 9 heteroatoms. The Balaban J connectivity index is 1.49. The number of hydrogen-bond donors (Lipinski definition) is 1. The molecule has 2 aromatic carbocycles. The number of tetrazole rings is 1. The topological polar surface area (TPSA) is 118 Å². The van der Waals surface area contributed by atoms with Gasteiger partial charge < -0.3 is 0 Å². The van der Waals surface area contributed by atoms with Gasteiger partial charge in [0.15, 0.2) is 0 Å². The molecule has 0 saturated heterocycles. The molecule has 0 bridgehead atoms. The van der Waals surface area contributed by atoms with Gasteiger partial charge in [-0.05, 0) is 41.0 Å². The van der Waals surface area contributed by atoms with Crippen LogP contribution in [0.3, 0.4) is 0 Å². The van der Waals surface area contributed by atoms with Crippen molar-refractivity contribution in [3.05, 3.63) is 100 Å². The minimum atomic E-state index is -0.160. The summed E-state index contributed by atoms with van der Waals surface area (Å²) >= 11 is 0. The summed E-state index contributed by atoms with van der Waals surface area (Å²) in [6, 6.07) is 19.2. The van der Waals surface area contributed by atoms with Gasteiger partial charge in [-0.2, -0.15) is 10.5 Å². The lowest BCUT2D eigenvalue weighted by atomic mass is 10.0. The maximum atomic E-state index is 13.4. The molecule has 35 heavy (non-hydrogen) atoms. The molecule has 0 fully saturated rings. The highest BCUT2D eigenvalue weighted by atomic mass is 16.1. The molecule has 0 radical (unpaired) electrons. The zero-order chi connectivity index (χ0) is 24.2. The predicted molar refractivity (Wildman–Crippen MR) is 131 cm³/mol. The van der Waals surface area contributed by atoms with E-state index >= 15 is 0 Å². The van der Waals surface area contributed by atoms with Crippen molar-refractivity contribution in [2.75, 3.05) is 0 Å². The lowest BCUT2D eigenvalue weighted by Gasteiger charge is -2.09. The van der Waals surface area contributed by atoms with Crippen LogP contribution in [0, 0.1) is 11.3 Å². The molecule has 0 aliphatic rings. The van der Waals surface area contributed by atoms with Gasteiger partial charge in [0, 0.05) is 35.4 Å². The summed E-state index contributed by atoms with van der Waals surface area (Å²) in [5.74, 6) is 0.501. The van der Waals surface area contributed by atoms with E-state index in [2.05, 4.69) is 38.6 Å². The van der Waals surface area contributed by atoms with Gasteiger partial charge in [-0.15, -0.1) is 10.2 Å². The number of aromatic amines is 1. The van der Waals surface area contributed by atoms with Gasteiger partial charge in [0.05, 0.1) is 17.8 Å². The zero-order valence-corrected chi connectivity index (χ0v) is 19.1. The van der Waals surface area contributed by atoms with E-state index in [9.17, 15) is 10.1 Å². The van der Waals surface area contributed by atoms with E-state index in [1.807, 2.05) is 42.6 Å². The highest BCUT2D eigenvalue weighted by Crippen LogP contribution is 2.29. The van der Waals surface area contributed by atoms with Crippen molar-refractivity contribution in [3.63, 3.8) is 0 Å². The second-order valence-electron chi connectivity index (χ2n) is 8.09. The van der Waals surface area contributed by atoms with Crippen LogP contribution in [-0.4, -0.2) is 34.7 Å². The van der Waals surface area contributed by atoms with Crippen LogP contribution in [0.5, 0.6) is 0 Å². The van der Waals surface area contributed by atoms with Gasteiger partial charge in [-0.1, -0.05) is 49.7 Å². The van der Waals surface area contributed by atoms with Crippen molar-refractivity contribution in [2.45, 2.75) is 26.3 Å². The van der Waals surface area contributed by atoms with Gasteiger partial charge in [0.25, 0.3) is 0 Å². The van der Waals surface area contributed by atoms with E-state index < -0.39 is 0 Å². The van der Waals surface area contributed by atoms with Gasteiger partial charge in [0.2, 0.25) is 5.82 Å². The first kappa shape index (κ1) is 22.0. The Morgan fingerprint density at radius 3 is 2.63 bits per heavy atom. The average molecular weight is 463 g/mol. The Bertz CT molecular complexity index is 1560. The first-order valence-corrected chi connectivity index (χ1v) is 11.3. The molecule has 0 aliphatic carbocycles. The molecule has 5 aromatic rings. The quantitative estimate of drug-likeness (QED) is 0.393. The molecule has 0 unspecified atom stereocenters. The van der Waals surface area contributed by atoms with E-state index in [-0.39, 0.29) is 5.69 Å². The molecule has 0 saturated carbocycles. The van der Waals surface area contributed by atoms with E-state index in [0.29, 0.717) is 23.6 Å². The fourth-order valence-electron chi connectivity index (χ4n) is 4.17. The van der Waals surface area contributed by atoms with Crippen LogP contribution in [0.15, 0.2) is 78.0 Å². The van der Waals surface area contributed by atoms with Gasteiger partial charge in [0.1, 0.15) is 6.07 Å². The first-order chi connectivity index (χ1) is 17.2. The molecular formula is C26H22N8O. The molecule has 0 atom stereocenters. The Labute approximate surface area is 201 Å². The Morgan fingerprint density at radius 1 is 1.06 bits per heavy atom. The second-order valence-corrected chi connectivity index (χ2v) is 8.09. The number of para-hydroxylation sites is 1. The van der Waals surface area contributed by atoms with Crippen LogP contribution in [-0.2, 0) is 13.0 Å². The van der Waals surface area contributed by atoms with Crippen LogP contribution in [0.4, 0.5) is 0 Å². The summed E-state index contributed by atoms with van der Waals surface area (Å²) in [6.45, 7) is 2.51. The van der Waals surface area contributed by atoms with Crippen LogP contribution < -0.4 is 5.69 Å². The highest BCUT2D eigenvalue weighted by Gasteiger charge is 2.15. The second kappa shape index (κ2) is 9.57. The lowest BCUT2D eigenvalue weighted by molar-refractivity contribution is 0.691. The monoisotopic (exact) mass is 462 g/mol. The maximum Gasteiger partial charge on any atom is 0.333 e. The third-order valence-electron chi connectivity index (χ3n) is 5.86. The summed E-state index contributed by atoms with van der Waals surface area (Å²) in [5.41, 5.74) is 5.51. The molecule has 172 valence electrons. The lowest BCUT2D eigenvalue weighted by Crippen LogP contribution is -2.25. The standard InChI is InChI=1S/C26H22N8O/c1-2-5-21-17-34(24-7-4-3-6-20(24)14-27)26(35)33(21)16-18-8-10-19(11-9-18)23-15-28-13-12-22(23)25-29-31-32-30-25/h3-4,6-13,15,17H,2,5,16H2,1H3,(H,29,30,31,32). The fourth-order valence-corrected chi connectivity index (χ4v) is 4.17. The van der Waals surface area contributed by atoms with Crippen molar-refractivity contribution >= 4 is 0 Å². The molecule has 3 heterocycles. The maximum absolute atomic E-state index is 13.4. The molecular weight excluding hydrogens is 440 g/mol. The number of rotatable bonds is 7. The summed E-state index contributed by atoms with van der Waals surface area (Å²) in [5, 5.41) is 23.8. The number of pyridine rings is 1. The third kappa shape index (κ3) is 4.25. The largest absolute Gasteiger partial charge is 0.333 e. The van der Waals surface area contributed by atoms with Crippen molar-refractivity contribution in [2.24, 2.45) is 0 Å². The minimum Gasteiger partial charge on any atom is -0.292 e. The highest BCUT2D eigenvalue weighted by molar-refractivity contribution is 5.79. The van der Waals surface area contributed by atoms with Gasteiger partial charge in [-0.3, -0.25) is 14.1 Å². The summed E-state index contributed by atoms with van der Waals surface area (Å²) in [6.07, 6.45) is 6.99. The van der Waals surface area contributed by atoms with E-state index in [4.69, 9.17) is 0 Å². The number of hydrogen-bond acceptors (Lipinski definition) is 6. The molecule has 3 aromatic heterocycles. The number of aryl methyl sites for hydroxylation is 1. The molecule has 0 amide bonds. The number of benzene rings is 2. The third-order valence-corrected chi connectivity index (χ3v) is 5.86. The normalized spacial score (nSPS) is 10.9. The molecule has 0 spiro atoms. The molecule has 9 nitrogen and oxygen atoms in total. The zero-order valence-electron chi connectivity index (χ0n) is 19.1. The van der Waals surface area contributed by atoms with Gasteiger partial charge in [-0.25, -0.2) is 4.79 Å². The van der Waals surface area contributed by atoms with Crippen LogP contribution >= 0.6 is 0 Å². The molecule has 5 rings (SSSR count). The van der Waals surface area contributed by atoms with Crippen LogP contribution in [0.25, 0.3) is 28.2 Å². The summed E-state index contributed by atoms with van der Waals surface area (Å²) in [4.78, 5) is 17.6. The van der Waals surface area contributed by atoms with E-state index in [0.717, 1.165) is 40.8 Å². The van der Waals surface area contributed by atoms with E-state index in [1.54, 1.807) is 39.7 Å². The smallest absolute Gasteiger partial charge is 0.292 e. The first-order valence-electron chi connectivity index (χ1n) is 11.3. The van der Waals surface area contributed by atoms with E-state index in [1.165, 1.54) is 0 Å². The number of nitriles is 1. The molecule has 1 N–H and O–H groups in total. The van der Waals surface area contributed by atoms with Crippen molar-refractivity contribution in [3.8, 4) is 34.3 Å². The number of H-pyrrole nitrogens is 1. The summed E-state index contributed by atoms with van der Waals surface area (Å²) < 4.78 is 3.35. The number of nitrogens with zero attached hydrogens (tertiary/aromatic N) is 7. The summed E-state index contributed by atoms with van der Waals surface area (Å²) in [7, 11) is 0. The number of aromatic nitrogens is 7. The van der Waals surface area contributed by atoms with Gasteiger partial charge >= 0.3 is 5.69 Å². The average Bonchev–Trinajstić information content (AvgIpc) is 3.54. The van der Waals surface area contributed by atoms with Crippen molar-refractivity contribution in [1.29, 1.82) is 5.26 Å². The van der Waals surface area contributed by atoms with Crippen LogP contribution in [0.2, 0.25) is 0 Å². The van der Waals surface area contributed by atoms with Crippen molar-refractivity contribution in [1.82, 2.24) is 34.7 Å². The molecule has 0 aliphatic heterocycles. The van der Waals surface area contributed by atoms with Crippen LogP contribution in [0.1, 0.15) is 30.2 Å². The van der Waals surface area contributed by atoms with Crippen molar-refractivity contribution < 1.29 is 0 Å². The SMILES string of the molecule is CCCc1cn(-c2ccccc2C#N)c(=O)n1Cc1ccc(-c2cnccc2-c2nn[nH]n2)cc1.